The molecule has 11 aromatic rings. The highest BCUT2D eigenvalue weighted by atomic mass is 16.3. The number of furan rings is 1. The number of para-hydroxylation sites is 1. The Morgan fingerprint density at radius 3 is 1.68 bits per heavy atom. The minimum atomic E-state index is -0.343. The second-order valence-electron chi connectivity index (χ2n) is 15.4. The number of hydrogen-bond donors (Lipinski definition) is 1. The average Bonchev–Trinajstić information content (AvgIpc) is 3.69. The molecule has 1 N–H and O–H groups in total. The quantitative estimate of drug-likeness (QED) is 0.190. The molecule has 12 rings (SSSR count). The number of rotatable bonds is 5. The van der Waals surface area contributed by atoms with E-state index in [0.29, 0.717) is 5.84 Å². The molecular weight excluding hydrogens is 719 g/mol. The number of nitrogens with one attached hydrogen (secondary N) is 1. The van der Waals surface area contributed by atoms with Gasteiger partial charge < -0.3 is 9.73 Å². The van der Waals surface area contributed by atoms with Crippen LogP contribution in [-0.2, 0) is 0 Å². The topological polar surface area (TPSA) is 49.9 Å². The maximum absolute atomic E-state index is 6.44. The van der Waals surface area contributed by atoms with Crippen LogP contribution in [0.4, 0.5) is 0 Å². The molecular formula is C55H35N3O. The zero-order valence-electron chi connectivity index (χ0n) is 31.9. The van der Waals surface area contributed by atoms with E-state index in [4.69, 9.17) is 14.4 Å². The third-order valence-corrected chi connectivity index (χ3v) is 11.8. The van der Waals surface area contributed by atoms with Gasteiger partial charge in [-0.2, -0.15) is 0 Å². The molecule has 0 bridgehead atoms. The van der Waals surface area contributed by atoms with Crippen molar-refractivity contribution in [3.05, 3.63) is 217 Å². The SMILES string of the molecule is c1ccc2cc(C3=NC(c4ccc5cc(-c6c(-c7ccc8ccccc8c7)ccc7oc8ccccc8c67)ccc5c4)NC(c4ccc5ccccc5c4)=N3)ccc2c1. The Labute approximate surface area is 340 Å². The molecule has 1 unspecified atom stereocenters. The van der Waals surface area contributed by atoms with E-state index in [9.17, 15) is 0 Å². The maximum Gasteiger partial charge on any atom is 0.159 e. The third-order valence-electron chi connectivity index (χ3n) is 11.8. The van der Waals surface area contributed by atoms with Gasteiger partial charge in [0.25, 0.3) is 0 Å². The zero-order chi connectivity index (χ0) is 38.9. The van der Waals surface area contributed by atoms with E-state index in [1.165, 1.54) is 43.6 Å². The van der Waals surface area contributed by atoms with Gasteiger partial charge in [-0.1, -0.05) is 158 Å². The molecule has 4 nitrogen and oxygen atoms in total. The summed E-state index contributed by atoms with van der Waals surface area (Å²) in [5.74, 6) is 1.51. The van der Waals surface area contributed by atoms with Gasteiger partial charge in [-0.25, -0.2) is 9.98 Å². The minimum absolute atomic E-state index is 0.343. The number of aliphatic imine (C=N–C) groups is 2. The van der Waals surface area contributed by atoms with Crippen LogP contribution in [-0.4, -0.2) is 11.7 Å². The highest BCUT2D eigenvalue weighted by Crippen LogP contribution is 2.44. The van der Waals surface area contributed by atoms with E-state index in [-0.39, 0.29) is 6.17 Å². The van der Waals surface area contributed by atoms with Gasteiger partial charge in [-0.3, -0.25) is 0 Å². The van der Waals surface area contributed by atoms with Gasteiger partial charge in [0.1, 0.15) is 23.2 Å². The summed E-state index contributed by atoms with van der Waals surface area (Å²) in [6, 6.07) is 71.4. The third kappa shape index (κ3) is 5.76. The molecule has 10 aromatic carbocycles. The Kier molecular flexibility index (Phi) is 7.57. The van der Waals surface area contributed by atoms with Crippen LogP contribution in [0.2, 0.25) is 0 Å². The molecule has 0 fully saturated rings. The van der Waals surface area contributed by atoms with E-state index in [0.717, 1.165) is 66.2 Å². The monoisotopic (exact) mass is 753 g/mol. The lowest BCUT2D eigenvalue weighted by Gasteiger charge is -2.24. The van der Waals surface area contributed by atoms with Crippen molar-refractivity contribution < 1.29 is 4.42 Å². The molecule has 0 aliphatic carbocycles. The van der Waals surface area contributed by atoms with Gasteiger partial charge in [0, 0.05) is 27.5 Å². The molecule has 1 atom stereocenters. The number of nitrogens with zero attached hydrogens (tertiary/aromatic N) is 2. The summed E-state index contributed by atoms with van der Waals surface area (Å²) >= 11 is 0. The van der Waals surface area contributed by atoms with Crippen LogP contribution in [0.25, 0.3) is 87.3 Å². The van der Waals surface area contributed by atoms with Crippen LogP contribution in [0, 0.1) is 0 Å². The maximum atomic E-state index is 6.44. The van der Waals surface area contributed by atoms with Crippen LogP contribution >= 0.6 is 0 Å². The molecule has 1 aliphatic heterocycles. The standard InChI is InChI=1S/C55H35N3O/c1-4-12-37-29-42(22-17-34(37)9-1)47-27-28-50-52(48-15-7-8-16-49(48)59-50)51(47)43-23-20-41-33-46(26-21-40(41)30-43)55-57-53(44-24-18-35-10-2-5-13-38(35)31-44)56-54(58-55)45-25-19-36-11-3-6-14-39(36)32-45/h1-33,55H,(H,56,57,58). The predicted octanol–water partition coefficient (Wildman–Crippen LogP) is 14.0. The van der Waals surface area contributed by atoms with Gasteiger partial charge >= 0.3 is 0 Å². The average molecular weight is 754 g/mol. The van der Waals surface area contributed by atoms with E-state index in [2.05, 4.69) is 199 Å². The first-order valence-corrected chi connectivity index (χ1v) is 20.1. The summed E-state index contributed by atoms with van der Waals surface area (Å²) in [5, 5.41) is 15.4. The lowest BCUT2D eigenvalue weighted by atomic mass is 9.89. The number of benzene rings is 10. The molecule has 0 saturated heterocycles. The molecule has 1 aromatic heterocycles. The zero-order valence-corrected chi connectivity index (χ0v) is 31.9. The summed E-state index contributed by atoms with van der Waals surface area (Å²) in [5.41, 5.74) is 9.51. The number of amidine groups is 2. The van der Waals surface area contributed by atoms with Gasteiger partial charge in [0.05, 0.1) is 0 Å². The fourth-order valence-electron chi connectivity index (χ4n) is 8.86. The Morgan fingerprint density at radius 1 is 0.407 bits per heavy atom. The van der Waals surface area contributed by atoms with Crippen molar-refractivity contribution in [2.45, 2.75) is 6.17 Å². The first-order chi connectivity index (χ1) is 29.2. The van der Waals surface area contributed by atoms with Crippen molar-refractivity contribution in [3.63, 3.8) is 0 Å². The van der Waals surface area contributed by atoms with Crippen molar-refractivity contribution >= 4 is 76.7 Å². The van der Waals surface area contributed by atoms with Crippen molar-refractivity contribution in [2.24, 2.45) is 9.98 Å². The highest BCUT2D eigenvalue weighted by molar-refractivity contribution is 6.17. The fraction of sp³-hybridized carbons (Fsp3) is 0.0182. The molecule has 276 valence electrons. The van der Waals surface area contributed by atoms with E-state index in [1.807, 2.05) is 6.07 Å². The summed E-state index contributed by atoms with van der Waals surface area (Å²) in [6.45, 7) is 0. The molecule has 0 radical (unpaired) electrons. The van der Waals surface area contributed by atoms with Crippen molar-refractivity contribution in [3.8, 4) is 22.3 Å². The van der Waals surface area contributed by atoms with E-state index >= 15 is 0 Å². The van der Waals surface area contributed by atoms with Crippen molar-refractivity contribution in [1.29, 1.82) is 0 Å². The summed E-state index contributed by atoms with van der Waals surface area (Å²) < 4.78 is 6.44. The second kappa shape index (κ2) is 13.4. The number of fused-ring (bicyclic) bond motifs is 7. The van der Waals surface area contributed by atoms with Gasteiger partial charge in [-0.15, -0.1) is 0 Å². The van der Waals surface area contributed by atoms with Gasteiger partial charge in [0.2, 0.25) is 0 Å². The Morgan fingerprint density at radius 2 is 0.932 bits per heavy atom. The van der Waals surface area contributed by atoms with Gasteiger partial charge in [0.15, 0.2) is 5.84 Å². The fourth-order valence-corrected chi connectivity index (χ4v) is 8.86. The van der Waals surface area contributed by atoms with Crippen LogP contribution in [0.15, 0.2) is 215 Å². The van der Waals surface area contributed by atoms with Crippen molar-refractivity contribution in [1.82, 2.24) is 5.32 Å². The Hall–Kier alpha value is -7.82. The van der Waals surface area contributed by atoms with E-state index < -0.39 is 0 Å². The van der Waals surface area contributed by atoms with Crippen LogP contribution in [0.5, 0.6) is 0 Å². The summed E-state index contributed by atoms with van der Waals surface area (Å²) in [7, 11) is 0. The van der Waals surface area contributed by atoms with Crippen LogP contribution < -0.4 is 5.32 Å². The molecule has 0 spiro atoms. The number of hydrogen-bond acceptors (Lipinski definition) is 4. The Balaban J connectivity index is 0.981. The van der Waals surface area contributed by atoms with Crippen molar-refractivity contribution in [2.75, 3.05) is 0 Å². The van der Waals surface area contributed by atoms with E-state index in [1.54, 1.807) is 0 Å². The lowest BCUT2D eigenvalue weighted by molar-refractivity contribution is 0.669. The smallest absolute Gasteiger partial charge is 0.159 e. The van der Waals surface area contributed by atoms with Gasteiger partial charge in [-0.05, 0) is 108 Å². The molecule has 4 heteroatoms. The molecule has 59 heavy (non-hydrogen) atoms. The normalized spacial score (nSPS) is 14.3. The highest BCUT2D eigenvalue weighted by Gasteiger charge is 2.23. The summed E-state index contributed by atoms with van der Waals surface area (Å²) in [6.07, 6.45) is -0.343. The second-order valence-corrected chi connectivity index (χ2v) is 15.4. The molecule has 1 aliphatic rings. The largest absolute Gasteiger partial charge is 0.456 e. The first-order valence-electron chi connectivity index (χ1n) is 20.1. The molecule has 2 heterocycles. The predicted molar refractivity (Wildman–Crippen MR) is 246 cm³/mol. The molecule has 0 amide bonds. The van der Waals surface area contributed by atoms with Crippen LogP contribution in [0.3, 0.4) is 0 Å². The Bertz CT molecular complexity index is 3560. The minimum Gasteiger partial charge on any atom is -0.456 e. The van der Waals surface area contributed by atoms with Crippen LogP contribution in [0.1, 0.15) is 22.9 Å². The summed E-state index contributed by atoms with van der Waals surface area (Å²) in [4.78, 5) is 10.4. The molecule has 0 saturated carbocycles. The first kappa shape index (κ1) is 33.3. The lowest BCUT2D eigenvalue weighted by Crippen LogP contribution is -2.33.